The minimum absolute atomic E-state index is 0.0698. The Hall–Kier alpha value is -1.82. The highest BCUT2D eigenvalue weighted by molar-refractivity contribution is 9.10. The van der Waals surface area contributed by atoms with E-state index in [1.807, 2.05) is 20.2 Å². The zero-order valence-corrected chi connectivity index (χ0v) is 12.9. The molecule has 0 aliphatic rings. The van der Waals surface area contributed by atoms with Crippen molar-refractivity contribution in [3.05, 3.63) is 40.1 Å². The average Bonchev–Trinajstić information content (AvgIpc) is 2.83. The molecule has 0 bridgehead atoms. The normalized spacial score (nSPS) is 10.6. The van der Waals surface area contributed by atoms with Crippen molar-refractivity contribution in [2.24, 2.45) is 7.05 Å². The lowest BCUT2D eigenvalue weighted by Crippen LogP contribution is -2.13. The number of aromatic hydroxyl groups is 1. The second-order valence-corrected chi connectivity index (χ2v) is 5.49. The number of hydrogen-bond acceptors (Lipinski definition) is 3. The molecular formula is C14H16BrN3O2. The molecule has 0 fully saturated rings. The zero-order valence-electron chi connectivity index (χ0n) is 11.4. The predicted octanol–water partition coefficient (Wildman–Crippen LogP) is 2.77. The number of hydrogen-bond donors (Lipinski definition) is 2. The average molecular weight is 338 g/mol. The summed E-state index contributed by atoms with van der Waals surface area (Å²) in [6, 6.07) is 3.30. The SMILES string of the molecule is Cc1c(Br)ccc(O)c1NC(=O)CCc1cnn(C)c1. The van der Waals surface area contributed by atoms with Gasteiger partial charge in [0.25, 0.3) is 0 Å². The number of rotatable bonds is 4. The largest absolute Gasteiger partial charge is 0.506 e. The second-order valence-electron chi connectivity index (χ2n) is 4.64. The molecule has 2 aromatic rings. The van der Waals surface area contributed by atoms with Crippen LogP contribution in [0.25, 0.3) is 0 Å². The topological polar surface area (TPSA) is 67.2 Å². The Morgan fingerprint density at radius 3 is 2.90 bits per heavy atom. The third-order valence-corrected chi connectivity index (χ3v) is 3.90. The van der Waals surface area contributed by atoms with E-state index in [9.17, 15) is 9.90 Å². The fourth-order valence-corrected chi connectivity index (χ4v) is 2.22. The summed E-state index contributed by atoms with van der Waals surface area (Å²) < 4.78 is 2.55. The van der Waals surface area contributed by atoms with Gasteiger partial charge in [0.05, 0.1) is 11.9 Å². The van der Waals surface area contributed by atoms with E-state index in [1.165, 1.54) is 0 Å². The molecule has 106 valence electrons. The van der Waals surface area contributed by atoms with Crippen LogP contribution < -0.4 is 5.32 Å². The van der Waals surface area contributed by atoms with Crippen molar-refractivity contribution in [3.8, 4) is 5.75 Å². The van der Waals surface area contributed by atoms with Gasteiger partial charge in [0, 0.05) is 24.1 Å². The quantitative estimate of drug-likeness (QED) is 0.843. The van der Waals surface area contributed by atoms with Gasteiger partial charge in [-0.25, -0.2) is 0 Å². The summed E-state index contributed by atoms with van der Waals surface area (Å²) in [5.74, 6) is -0.0641. The lowest BCUT2D eigenvalue weighted by molar-refractivity contribution is -0.116. The molecule has 0 unspecified atom stereocenters. The van der Waals surface area contributed by atoms with E-state index in [4.69, 9.17) is 0 Å². The van der Waals surface area contributed by atoms with Gasteiger partial charge in [-0.2, -0.15) is 5.10 Å². The molecule has 0 atom stereocenters. The number of anilines is 1. The van der Waals surface area contributed by atoms with Crippen LogP contribution >= 0.6 is 15.9 Å². The Labute approximate surface area is 125 Å². The Bertz CT molecular complexity index is 637. The highest BCUT2D eigenvalue weighted by Gasteiger charge is 2.11. The van der Waals surface area contributed by atoms with Crippen LogP contribution in [0, 0.1) is 6.92 Å². The number of phenols is 1. The number of aromatic nitrogens is 2. The van der Waals surface area contributed by atoms with E-state index >= 15 is 0 Å². The first-order valence-electron chi connectivity index (χ1n) is 6.23. The molecule has 5 nitrogen and oxygen atoms in total. The van der Waals surface area contributed by atoms with E-state index in [0.717, 1.165) is 15.6 Å². The molecule has 1 aromatic heterocycles. The highest BCUT2D eigenvalue weighted by atomic mass is 79.9. The molecular weight excluding hydrogens is 322 g/mol. The summed E-state index contributed by atoms with van der Waals surface area (Å²) in [4.78, 5) is 11.9. The molecule has 0 saturated heterocycles. The molecule has 0 spiro atoms. The summed E-state index contributed by atoms with van der Waals surface area (Å²) in [6.45, 7) is 1.83. The summed E-state index contributed by atoms with van der Waals surface area (Å²) in [7, 11) is 1.84. The number of benzene rings is 1. The maximum atomic E-state index is 11.9. The molecule has 20 heavy (non-hydrogen) atoms. The number of amides is 1. The van der Waals surface area contributed by atoms with Crippen LogP contribution in [0.15, 0.2) is 29.0 Å². The highest BCUT2D eigenvalue weighted by Crippen LogP contribution is 2.32. The summed E-state index contributed by atoms with van der Waals surface area (Å²) >= 11 is 3.38. The van der Waals surface area contributed by atoms with Crippen LogP contribution in [0.2, 0.25) is 0 Å². The van der Waals surface area contributed by atoms with Gasteiger partial charge in [-0.1, -0.05) is 15.9 Å². The molecule has 0 aliphatic carbocycles. The van der Waals surface area contributed by atoms with Gasteiger partial charge in [0.15, 0.2) is 0 Å². The first-order chi connectivity index (χ1) is 9.47. The maximum absolute atomic E-state index is 11.9. The fourth-order valence-electron chi connectivity index (χ4n) is 1.89. The van der Waals surface area contributed by atoms with E-state index in [1.54, 1.807) is 23.0 Å². The van der Waals surface area contributed by atoms with Crippen molar-refractivity contribution < 1.29 is 9.90 Å². The van der Waals surface area contributed by atoms with Gasteiger partial charge in [0.2, 0.25) is 5.91 Å². The molecule has 1 heterocycles. The monoisotopic (exact) mass is 337 g/mol. The minimum Gasteiger partial charge on any atom is -0.506 e. The van der Waals surface area contributed by atoms with Crippen LogP contribution in [-0.2, 0) is 18.3 Å². The third kappa shape index (κ3) is 3.39. The number of halogens is 1. The van der Waals surface area contributed by atoms with Crippen molar-refractivity contribution in [3.63, 3.8) is 0 Å². The number of carbonyl (C=O) groups is 1. The van der Waals surface area contributed by atoms with Crippen LogP contribution in [0.1, 0.15) is 17.5 Å². The fraction of sp³-hybridized carbons (Fsp3) is 0.286. The second kappa shape index (κ2) is 6.09. The number of phenolic OH excluding ortho intramolecular Hbond substituents is 1. The molecule has 1 aromatic carbocycles. The van der Waals surface area contributed by atoms with Crippen LogP contribution in [0.5, 0.6) is 5.75 Å². The van der Waals surface area contributed by atoms with Gasteiger partial charge in [-0.05, 0) is 36.6 Å². The van der Waals surface area contributed by atoms with Gasteiger partial charge < -0.3 is 10.4 Å². The van der Waals surface area contributed by atoms with Crippen LogP contribution in [-0.4, -0.2) is 20.8 Å². The van der Waals surface area contributed by atoms with E-state index < -0.39 is 0 Å². The van der Waals surface area contributed by atoms with Gasteiger partial charge in [-0.15, -0.1) is 0 Å². The van der Waals surface area contributed by atoms with E-state index in [0.29, 0.717) is 18.5 Å². The van der Waals surface area contributed by atoms with Crippen LogP contribution in [0.3, 0.4) is 0 Å². The molecule has 2 N–H and O–H groups in total. The molecule has 0 aliphatic heterocycles. The predicted molar refractivity (Wildman–Crippen MR) is 80.7 cm³/mol. The van der Waals surface area contributed by atoms with Crippen molar-refractivity contribution in [1.82, 2.24) is 9.78 Å². The molecule has 0 saturated carbocycles. The molecule has 2 rings (SSSR count). The lowest BCUT2D eigenvalue weighted by Gasteiger charge is -2.11. The lowest BCUT2D eigenvalue weighted by atomic mass is 10.1. The van der Waals surface area contributed by atoms with Crippen molar-refractivity contribution in [1.29, 1.82) is 0 Å². The standard InChI is InChI=1S/C14H16BrN3O2/c1-9-11(15)4-5-12(19)14(9)17-13(20)6-3-10-7-16-18(2)8-10/h4-5,7-8,19H,3,6H2,1-2H3,(H,17,20). The Morgan fingerprint density at radius 2 is 2.25 bits per heavy atom. The molecule has 0 radical (unpaired) electrons. The van der Waals surface area contributed by atoms with Gasteiger partial charge in [-0.3, -0.25) is 9.48 Å². The van der Waals surface area contributed by atoms with Crippen molar-refractivity contribution >= 4 is 27.5 Å². The number of nitrogens with one attached hydrogen (secondary N) is 1. The van der Waals surface area contributed by atoms with Gasteiger partial charge >= 0.3 is 0 Å². The number of aryl methyl sites for hydroxylation is 2. The first-order valence-corrected chi connectivity index (χ1v) is 7.02. The Kier molecular flexibility index (Phi) is 4.44. The molecule has 1 amide bonds. The Morgan fingerprint density at radius 1 is 1.50 bits per heavy atom. The number of nitrogens with zero attached hydrogens (tertiary/aromatic N) is 2. The molecule has 6 heteroatoms. The summed E-state index contributed by atoms with van der Waals surface area (Å²) in [6.07, 6.45) is 4.59. The minimum atomic E-state index is -0.134. The van der Waals surface area contributed by atoms with Crippen molar-refractivity contribution in [2.45, 2.75) is 19.8 Å². The smallest absolute Gasteiger partial charge is 0.224 e. The van der Waals surface area contributed by atoms with Crippen LogP contribution in [0.4, 0.5) is 5.69 Å². The van der Waals surface area contributed by atoms with E-state index in [-0.39, 0.29) is 11.7 Å². The first kappa shape index (κ1) is 14.6. The van der Waals surface area contributed by atoms with E-state index in [2.05, 4.69) is 26.3 Å². The summed E-state index contributed by atoms with van der Waals surface area (Å²) in [5.41, 5.74) is 2.27. The van der Waals surface area contributed by atoms with Crippen molar-refractivity contribution in [2.75, 3.05) is 5.32 Å². The zero-order chi connectivity index (χ0) is 14.7. The maximum Gasteiger partial charge on any atom is 0.224 e. The number of carbonyl (C=O) groups excluding carboxylic acids is 1. The van der Waals surface area contributed by atoms with Gasteiger partial charge in [0.1, 0.15) is 5.75 Å². The summed E-state index contributed by atoms with van der Waals surface area (Å²) in [5, 5.41) is 16.6. The third-order valence-electron chi connectivity index (χ3n) is 3.04. The Balaban J connectivity index is 2.00.